The molecule has 2 atom stereocenters. The molecule has 0 aliphatic carbocycles. The van der Waals surface area contributed by atoms with Gasteiger partial charge in [0.25, 0.3) is 5.91 Å². The summed E-state index contributed by atoms with van der Waals surface area (Å²) in [6.45, 7) is 4.59. The first-order valence-corrected chi connectivity index (χ1v) is 11.6. The van der Waals surface area contributed by atoms with E-state index in [0.29, 0.717) is 12.0 Å². The standard InChI is InChI=1S/C28H26N4O/c1-19-10-12-20(13-11-19)22-6-2-3-7-23(22)28(33)31-15-14-21-17-32(26(21)18-31)27-16-29-24-8-4-5-9-25(24)30-27/h2-13,16,21,26H,14-15,17-18H2,1H3/t21-,26-/m0/s1. The molecule has 0 saturated carbocycles. The lowest BCUT2D eigenvalue weighted by atomic mass is 9.82. The van der Waals surface area contributed by atoms with Crippen LogP contribution in [0, 0.1) is 12.8 Å². The van der Waals surface area contributed by atoms with Gasteiger partial charge >= 0.3 is 0 Å². The predicted molar refractivity (Wildman–Crippen MR) is 131 cm³/mol. The number of benzene rings is 3. The van der Waals surface area contributed by atoms with Crippen LogP contribution < -0.4 is 4.90 Å². The number of hydrogen-bond acceptors (Lipinski definition) is 4. The zero-order chi connectivity index (χ0) is 22.4. The number of carbonyl (C=O) groups is 1. The van der Waals surface area contributed by atoms with E-state index in [1.165, 1.54) is 5.56 Å². The first kappa shape index (κ1) is 19.9. The van der Waals surface area contributed by atoms with Crippen molar-refractivity contribution < 1.29 is 4.79 Å². The van der Waals surface area contributed by atoms with Crippen molar-refractivity contribution in [3.8, 4) is 11.1 Å². The lowest BCUT2D eigenvalue weighted by molar-refractivity contribution is 0.0592. The minimum absolute atomic E-state index is 0.112. The molecule has 0 N–H and O–H groups in total. The lowest BCUT2D eigenvalue weighted by Crippen LogP contribution is -2.65. The van der Waals surface area contributed by atoms with Gasteiger partial charge in [0, 0.05) is 31.1 Å². The van der Waals surface area contributed by atoms with E-state index in [1.54, 1.807) is 0 Å². The zero-order valence-electron chi connectivity index (χ0n) is 18.7. The number of fused-ring (bicyclic) bond motifs is 2. The van der Waals surface area contributed by atoms with Crippen LogP contribution in [-0.2, 0) is 0 Å². The third-order valence-corrected chi connectivity index (χ3v) is 7.09. The normalized spacial score (nSPS) is 19.8. The van der Waals surface area contributed by atoms with Crippen LogP contribution >= 0.6 is 0 Å². The van der Waals surface area contributed by atoms with Crippen LogP contribution in [0.4, 0.5) is 5.82 Å². The minimum atomic E-state index is 0.112. The molecule has 6 rings (SSSR count). The molecule has 0 radical (unpaired) electrons. The van der Waals surface area contributed by atoms with Crippen LogP contribution in [0.15, 0.2) is 79.0 Å². The highest BCUT2D eigenvalue weighted by Crippen LogP contribution is 2.37. The Morgan fingerprint density at radius 2 is 1.67 bits per heavy atom. The minimum Gasteiger partial charge on any atom is -0.350 e. The number of anilines is 1. The Kier molecular flexibility index (Phi) is 4.83. The molecule has 0 bridgehead atoms. The van der Waals surface area contributed by atoms with Crippen LogP contribution in [0.5, 0.6) is 0 Å². The fourth-order valence-electron chi connectivity index (χ4n) is 5.15. The van der Waals surface area contributed by atoms with Crippen LogP contribution in [0.3, 0.4) is 0 Å². The molecule has 2 fully saturated rings. The molecule has 164 valence electrons. The van der Waals surface area contributed by atoms with Gasteiger partial charge in [0.05, 0.1) is 23.3 Å². The highest BCUT2D eigenvalue weighted by molar-refractivity contribution is 6.01. The zero-order valence-corrected chi connectivity index (χ0v) is 18.7. The summed E-state index contributed by atoms with van der Waals surface area (Å²) in [5.41, 5.74) is 5.88. The molecule has 3 heterocycles. The number of aromatic nitrogens is 2. The van der Waals surface area contributed by atoms with E-state index in [9.17, 15) is 4.79 Å². The average molecular weight is 435 g/mol. The second-order valence-electron chi connectivity index (χ2n) is 9.15. The first-order chi connectivity index (χ1) is 16.2. The fourth-order valence-corrected chi connectivity index (χ4v) is 5.15. The molecule has 5 nitrogen and oxygen atoms in total. The Hall–Kier alpha value is -3.73. The number of rotatable bonds is 3. The lowest BCUT2D eigenvalue weighted by Gasteiger charge is -2.54. The summed E-state index contributed by atoms with van der Waals surface area (Å²) in [6, 6.07) is 24.6. The van der Waals surface area contributed by atoms with E-state index in [4.69, 9.17) is 4.98 Å². The maximum Gasteiger partial charge on any atom is 0.254 e. The van der Waals surface area contributed by atoms with E-state index < -0.39 is 0 Å². The van der Waals surface area contributed by atoms with Crippen molar-refractivity contribution in [2.75, 3.05) is 24.5 Å². The molecule has 2 saturated heterocycles. The Bertz CT molecular complexity index is 1330. The van der Waals surface area contributed by atoms with Gasteiger partial charge in [-0.05, 0) is 42.7 Å². The molecule has 2 aliphatic heterocycles. The predicted octanol–water partition coefficient (Wildman–Crippen LogP) is 4.96. The number of aryl methyl sites for hydroxylation is 1. The maximum absolute atomic E-state index is 13.6. The highest BCUT2D eigenvalue weighted by atomic mass is 16.2. The number of piperidine rings is 1. The van der Waals surface area contributed by atoms with Gasteiger partial charge in [0.1, 0.15) is 5.82 Å². The maximum atomic E-state index is 13.6. The third-order valence-electron chi connectivity index (χ3n) is 7.09. The molecule has 0 spiro atoms. The highest BCUT2D eigenvalue weighted by Gasteiger charge is 2.44. The van der Waals surface area contributed by atoms with Gasteiger partial charge in [0.2, 0.25) is 0 Å². The monoisotopic (exact) mass is 434 g/mol. The molecule has 33 heavy (non-hydrogen) atoms. The Labute approximate surface area is 193 Å². The largest absolute Gasteiger partial charge is 0.350 e. The van der Waals surface area contributed by atoms with E-state index in [0.717, 1.165) is 59.6 Å². The quantitative estimate of drug-likeness (QED) is 0.458. The van der Waals surface area contributed by atoms with Gasteiger partial charge < -0.3 is 9.80 Å². The Morgan fingerprint density at radius 3 is 2.52 bits per heavy atom. The molecule has 5 heteroatoms. The van der Waals surface area contributed by atoms with Crippen molar-refractivity contribution in [2.45, 2.75) is 19.4 Å². The van der Waals surface area contributed by atoms with Crippen molar-refractivity contribution >= 4 is 22.8 Å². The topological polar surface area (TPSA) is 49.3 Å². The summed E-state index contributed by atoms with van der Waals surface area (Å²) in [5.74, 6) is 1.63. The summed E-state index contributed by atoms with van der Waals surface area (Å²) in [4.78, 5) is 27.4. The van der Waals surface area contributed by atoms with Crippen molar-refractivity contribution in [3.05, 3.63) is 90.1 Å². The van der Waals surface area contributed by atoms with E-state index in [-0.39, 0.29) is 5.91 Å². The summed E-state index contributed by atoms with van der Waals surface area (Å²) in [6.07, 6.45) is 2.90. The summed E-state index contributed by atoms with van der Waals surface area (Å²) in [5, 5.41) is 0. The number of likely N-dealkylation sites (tertiary alicyclic amines) is 1. The van der Waals surface area contributed by atoms with E-state index in [1.807, 2.05) is 59.6 Å². The number of nitrogens with zero attached hydrogens (tertiary/aromatic N) is 4. The van der Waals surface area contributed by atoms with Gasteiger partial charge in [-0.3, -0.25) is 9.78 Å². The van der Waals surface area contributed by atoms with E-state index >= 15 is 0 Å². The summed E-state index contributed by atoms with van der Waals surface area (Å²) >= 11 is 0. The number of hydrogen-bond donors (Lipinski definition) is 0. The van der Waals surface area contributed by atoms with Gasteiger partial charge in [-0.15, -0.1) is 0 Å². The van der Waals surface area contributed by atoms with Crippen LogP contribution in [0.2, 0.25) is 0 Å². The molecule has 1 aromatic heterocycles. The van der Waals surface area contributed by atoms with Gasteiger partial charge in [-0.1, -0.05) is 60.2 Å². The average Bonchev–Trinajstić information content (AvgIpc) is 2.85. The molecular formula is C28H26N4O. The number of carbonyl (C=O) groups excluding carboxylic acids is 1. The first-order valence-electron chi connectivity index (χ1n) is 11.6. The van der Waals surface area contributed by atoms with Crippen molar-refractivity contribution in [1.29, 1.82) is 0 Å². The fraction of sp³-hybridized carbons (Fsp3) is 0.250. The Balaban J connectivity index is 1.25. The molecule has 0 unspecified atom stereocenters. The molecular weight excluding hydrogens is 408 g/mol. The SMILES string of the molecule is Cc1ccc(-c2ccccc2C(=O)N2CC[C@H]3CN(c4cnc5ccccc5n4)[C@H]3C2)cc1. The van der Waals surface area contributed by atoms with Gasteiger partial charge in [-0.25, -0.2) is 4.98 Å². The van der Waals surface area contributed by atoms with Gasteiger partial charge in [0.15, 0.2) is 0 Å². The third kappa shape index (κ3) is 3.54. The molecule has 4 aromatic rings. The van der Waals surface area contributed by atoms with Crippen LogP contribution in [0.25, 0.3) is 22.2 Å². The van der Waals surface area contributed by atoms with Crippen LogP contribution in [0.1, 0.15) is 22.3 Å². The van der Waals surface area contributed by atoms with E-state index in [2.05, 4.69) is 41.1 Å². The van der Waals surface area contributed by atoms with Crippen molar-refractivity contribution in [2.24, 2.45) is 5.92 Å². The van der Waals surface area contributed by atoms with Crippen LogP contribution in [-0.4, -0.2) is 46.5 Å². The Morgan fingerprint density at radius 1 is 0.909 bits per heavy atom. The smallest absolute Gasteiger partial charge is 0.254 e. The molecule has 3 aromatic carbocycles. The second-order valence-corrected chi connectivity index (χ2v) is 9.15. The summed E-state index contributed by atoms with van der Waals surface area (Å²) in [7, 11) is 0. The molecule has 2 aliphatic rings. The molecule has 1 amide bonds. The number of para-hydroxylation sites is 2. The number of amides is 1. The van der Waals surface area contributed by atoms with Crippen molar-refractivity contribution in [1.82, 2.24) is 14.9 Å². The summed E-state index contributed by atoms with van der Waals surface area (Å²) < 4.78 is 0. The van der Waals surface area contributed by atoms with Crippen molar-refractivity contribution in [3.63, 3.8) is 0 Å². The van der Waals surface area contributed by atoms with Gasteiger partial charge in [-0.2, -0.15) is 0 Å². The second kappa shape index (κ2) is 8.00.